The normalized spacial score (nSPS) is 17.5. The van der Waals surface area contributed by atoms with Crippen molar-refractivity contribution in [2.45, 2.75) is 12.8 Å². The van der Waals surface area contributed by atoms with E-state index in [9.17, 15) is 4.79 Å². The van der Waals surface area contributed by atoms with Crippen LogP contribution in [0.2, 0.25) is 0 Å². The molecule has 1 amide bonds. The summed E-state index contributed by atoms with van der Waals surface area (Å²) in [6.07, 6.45) is 5.57. The summed E-state index contributed by atoms with van der Waals surface area (Å²) < 4.78 is 0. The van der Waals surface area contributed by atoms with Crippen molar-refractivity contribution in [2.75, 3.05) is 6.54 Å². The minimum Gasteiger partial charge on any atom is -0.319 e. The van der Waals surface area contributed by atoms with Gasteiger partial charge < -0.3 is 4.90 Å². The summed E-state index contributed by atoms with van der Waals surface area (Å²) in [6.45, 7) is 0.874. The van der Waals surface area contributed by atoms with E-state index < -0.39 is 0 Å². The number of hydrogen-bond acceptors (Lipinski definition) is 2. The van der Waals surface area contributed by atoms with Gasteiger partial charge in [-0.2, -0.15) is 11.3 Å². The maximum atomic E-state index is 11.2. The van der Waals surface area contributed by atoms with Crippen molar-refractivity contribution in [3.05, 3.63) is 28.6 Å². The van der Waals surface area contributed by atoms with E-state index in [1.807, 2.05) is 23.7 Å². The first-order chi connectivity index (χ1) is 6.36. The zero-order valence-electron chi connectivity index (χ0n) is 7.27. The number of carbonyl (C=O) groups excluding carboxylic acids is 1. The zero-order valence-corrected chi connectivity index (χ0v) is 8.09. The lowest BCUT2D eigenvalue weighted by atomic mass is 10.3. The molecule has 3 heteroatoms. The van der Waals surface area contributed by atoms with Crippen LogP contribution in [0.15, 0.2) is 23.0 Å². The van der Waals surface area contributed by atoms with Gasteiger partial charge in [0.2, 0.25) is 5.91 Å². The van der Waals surface area contributed by atoms with Crippen LogP contribution in [0.3, 0.4) is 0 Å². The van der Waals surface area contributed by atoms with Gasteiger partial charge >= 0.3 is 0 Å². The minimum atomic E-state index is 0.242. The highest BCUT2D eigenvalue weighted by Crippen LogP contribution is 2.13. The van der Waals surface area contributed by atoms with E-state index in [0.717, 1.165) is 13.0 Å². The van der Waals surface area contributed by atoms with Gasteiger partial charge in [0.15, 0.2) is 0 Å². The zero-order chi connectivity index (χ0) is 9.10. The van der Waals surface area contributed by atoms with Crippen LogP contribution in [0.1, 0.15) is 18.4 Å². The Morgan fingerprint density at radius 2 is 2.46 bits per heavy atom. The summed E-state index contributed by atoms with van der Waals surface area (Å²) in [5, 5.41) is 4.10. The van der Waals surface area contributed by atoms with Crippen LogP contribution < -0.4 is 0 Å². The highest BCUT2D eigenvalue weighted by atomic mass is 32.1. The van der Waals surface area contributed by atoms with Gasteiger partial charge in [-0.3, -0.25) is 4.79 Å². The van der Waals surface area contributed by atoms with Crippen molar-refractivity contribution < 1.29 is 4.79 Å². The van der Waals surface area contributed by atoms with Crippen LogP contribution in [-0.4, -0.2) is 17.4 Å². The van der Waals surface area contributed by atoms with Gasteiger partial charge in [-0.1, -0.05) is 0 Å². The number of amides is 1. The quantitative estimate of drug-likeness (QED) is 0.706. The Bertz CT molecular complexity index is 316. The molecule has 2 nitrogen and oxygen atoms in total. The van der Waals surface area contributed by atoms with Gasteiger partial charge in [0.05, 0.1) is 0 Å². The Balaban J connectivity index is 2.01. The summed E-state index contributed by atoms with van der Waals surface area (Å²) in [4.78, 5) is 13.0. The van der Waals surface area contributed by atoms with Crippen molar-refractivity contribution in [1.29, 1.82) is 0 Å². The van der Waals surface area contributed by atoms with Crippen molar-refractivity contribution in [3.8, 4) is 0 Å². The van der Waals surface area contributed by atoms with E-state index >= 15 is 0 Å². The highest BCUT2D eigenvalue weighted by Gasteiger charge is 2.16. The Morgan fingerprint density at radius 3 is 3.08 bits per heavy atom. The molecule has 1 aliphatic heterocycles. The number of thiophene rings is 1. The first-order valence-electron chi connectivity index (χ1n) is 4.36. The molecule has 0 unspecified atom stereocenters. The average Bonchev–Trinajstić information content (AvgIpc) is 2.72. The first kappa shape index (κ1) is 8.51. The molecule has 2 rings (SSSR count). The summed E-state index contributed by atoms with van der Waals surface area (Å²) in [6, 6.07) is 2.04. The van der Waals surface area contributed by atoms with Crippen LogP contribution in [0.25, 0.3) is 6.08 Å². The maximum Gasteiger partial charge on any atom is 0.226 e. The second kappa shape index (κ2) is 3.75. The van der Waals surface area contributed by atoms with E-state index in [-0.39, 0.29) is 5.91 Å². The summed E-state index contributed by atoms with van der Waals surface area (Å²) >= 11 is 1.67. The summed E-state index contributed by atoms with van der Waals surface area (Å²) in [5.41, 5.74) is 1.17. The van der Waals surface area contributed by atoms with Crippen molar-refractivity contribution >= 4 is 23.3 Å². The first-order valence-corrected chi connectivity index (χ1v) is 5.30. The van der Waals surface area contributed by atoms with Crippen LogP contribution >= 0.6 is 11.3 Å². The molecule has 1 aliphatic rings. The molecule has 68 valence electrons. The topological polar surface area (TPSA) is 20.3 Å². The van der Waals surface area contributed by atoms with Gasteiger partial charge in [-0.15, -0.1) is 0 Å². The third kappa shape index (κ3) is 1.98. The molecule has 2 heterocycles. The third-order valence-corrected chi connectivity index (χ3v) is 2.80. The number of likely N-dealkylation sites (tertiary alicyclic amines) is 1. The predicted molar refractivity (Wildman–Crippen MR) is 54.3 cm³/mol. The number of hydrogen-bond donors (Lipinski definition) is 0. The maximum absolute atomic E-state index is 11.2. The molecule has 1 saturated heterocycles. The molecule has 1 aromatic heterocycles. The van der Waals surface area contributed by atoms with Crippen molar-refractivity contribution in [1.82, 2.24) is 4.90 Å². The lowest BCUT2D eigenvalue weighted by molar-refractivity contribution is -0.125. The lowest BCUT2D eigenvalue weighted by Crippen LogP contribution is -2.16. The largest absolute Gasteiger partial charge is 0.319 e. The predicted octanol–water partition coefficient (Wildman–Crippen LogP) is 2.34. The second-order valence-electron chi connectivity index (χ2n) is 3.06. The van der Waals surface area contributed by atoms with Crippen molar-refractivity contribution in [3.63, 3.8) is 0 Å². The SMILES string of the molecule is O=C1CCCN1/C=C/c1ccsc1. The average molecular weight is 193 g/mol. The Morgan fingerprint density at radius 1 is 1.54 bits per heavy atom. The van der Waals surface area contributed by atoms with Gasteiger partial charge in [-0.05, 0) is 34.9 Å². The number of nitrogens with zero attached hydrogens (tertiary/aromatic N) is 1. The van der Waals surface area contributed by atoms with Gasteiger partial charge in [0.1, 0.15) is 0 Å². The van der Waals surface area contributed by atoms with Crippen molar-refractivity contribution in [2.24, 2.45) is 0 Å². The molecule has 0 bridgehead atoms. The molecule has 1 aromatic rings. The molecule has 0 aromatic carbocycles. The van der Waals surface area contributed by atoms with E-state index in [2.05, 4.69) is 5.38 Å². The van der Waals surface area contributed by atoms with Crippen LogP contribution in [-0.2, 0) is 4.79 Å². The molecule has 0 N–H and O–H groups in total. The lowest BCUT2D eigenvalue weighted by Gasteiger charge is -2.07. The minimum absolute atomic E-state index is 0.242. The molecular formula is C10H11NOS. The standard InChI is InChI=1S/C10H11NOS/c12-10-2-1-5-11(10)6-3-9-4-7-13-8-9/h3-4,6-8H,1-2,5H2/b6-3+. The molecular weight excluding hydrogens is 182 g/mol. The number of carbonyl (C=O) groups is 1. The number of rotatable bonds is 2. The summed E-state index contributed by atoms with van der Waals surface area (Å²) in [7, 11) is 0. The van der Waals surface area contributed by atoms with E-state index in [1.165, 1.54) is 5.56 Å². The van der Waals surface area contributed by atoms with Gasteiger partial charge in [-0.25, -0.2) is 0 Å². The van der Waals surface area contributed by atoms with E-state index in [0.29, 0.717) is 6.42 Å². The Hall–Kier alpha value is -1.09. The van der Waals surface area contributed by atoms with E-state index in [1.54, 1.807) is 16.2 Å². The Labute approximate surface area is 81.5 Å². The van der Waals surface area contributed by atoms with Gasteiger partial charge in [0, 0.05) is 19.2 Å². The molecule has 0 aliphatic carbocycles. The fourth-order valence-corrected chi connectivity index (χ4v) is 2.00. The highest BCUT2D eigenvalue weighted by molar-refractivity contribution is 7.08. The summed E-state index contributed by atoms with van der Waals surface area (Å²) in [5.74, 6) is 0.242. The molecule has 0 radical (unpaired) electrons. The van der Waals surface area contributed by atoms with E-state index in [4.69, 9.17) is 0 Å². The molecule has 0 saturated carbocycles. The third-order valence-electron chi connectivity index (χ3n) is 2.10. The van der Waals surface area contributed by atoms with Gasteiger partial charge in [0.25, 0.3) is 0 Å². The monoisotopic (exact) mass is 193 g/mol. The fourth-order valence-electron chi connectivity index (χ4n) is 1.37. The molecule has 1 fully saturated rings. The van der Waals surface area contributed by atoms with Crippen LogP contribution in [0.4, 0.5) is 0 Å². The molecule has 0 atom stereocenters. The second-order valence-corrected chi connectivity index (χ2v) is 3.84. The fraction of sp³-hybridized carbons (Fsp3) is 0.300. The van der Waals surface area contributed by atoms with Crippen LogP contribution in [0, 0.1) is 0 Å². The smallest absolute Gasteiger partial charge is 0.226 e. The molecule has 0 spiro atoms. The van der Waals surface area contributed by atoms with Crippen LogP contribution in [0.5, 0.6) is 0 Å². The molecule has 13 heavy (non-hydrogen) atoms. The Kier molecular flexibility index (Phi) is 2.45.